The Kier molecular flexibility index (Phi) is 3.63. The second-order valence-electron chi connectivity index (χ2n) is 4.10. The number of halogens is 4. The van der Waals surface area contributed by atoms with E-state index in [1.165, 1.54) is 6.07 Å². The SMILES string of the molecule is Fc1cccc(-c2nc(Cl)c3cc(Br)ccc3n2)c1Cl. The molecule has 0 spiro atoms. The molecule has 0 aliphatic rings. The van der Waals surface area contributed by atoms with Gasteiger partial charge < -0.3 is 0 Å². The lowest BCUT2D eigenvalue weighted by molar-refractivity contribution is 0.628. The van der Waals surface area contributed by atoms with Crippen LogP contribution in [0.1, 0.15) is 0 Å². The molecule has 0 saturated carbocycles. The molecule has 3 rings (SSSR count). The van der Waals surface area contributed by atoms with Gasteiger partial charge in [-0.1, -0.05) is 45.2 Å². The van der Waals surface area contributed by atoms with E-state index in [1.54, 1.807) is 12.1 Å². The molecule has 0 radical (unpaired) electrons. The van der Waals surface area contributed by atoms with Crippen LogP contribution < -0.4 is 0 Å². The van der Waals surface area contributed by atoms with Crippen LogP contribution in [0.15, 0.2) is 40.9 Å². The van der Waals surface area contributed by atoms with Crippen molar-refractivity contribution in [2.45, 2.75) is 0 Å². The topological polar surface area (TPSA) is 25.8 Å². The maximum Gasteiger partial charge on any atom is 0.163 e. The average molecular weight is 372 g/mol. The van der Waals surface area contributed by atoms with Crippen LogP contribution >= 0.6 is 39.1 Å². The van der Waals surface area contributed by atoms with Crippen molar-refractivity contribution in [3.8, 4) is 11.4 Å². The van der Waals surface area contributed by atoms with Gasteiger partial charge in [0.1, 0.15) is 11.0 Å². The van der Waals surface area contributed by atoms with Crippen LogP contribution in [0, 0.1) is 5.82 Å². The largest absolute Gasteiger partial charge is 0.228 e. The van der Waals surface area contributed by atoms with Crippen molar-refractivity contribution < 1.29 is 4.39 Å². The molecule has 0 unspecified atom stereocenters. The molecule has 2 nitrogen and oxygen atoms in total. The average Bonchev–Trinajstić information content (AvgIpc) is 2.42. The van der Waals surface area contributed by atoms with E-state index in [0.29, 0.717) is 22.1 Å². The third kappa shape index (κ3) is 2.39. The van der Waals surface area contributed by atoms with Gasteiger partial charge in [-0.05, 0) is 30.3 Å². The maximum absolute atomic E-state index is 13.5. The molecule has 1 aromatic heterocycles. The third-order valence-electron chi connectivity index (χ3n) is 2.80. The minimum Gasteiger partial charge on any atom is -0.228 e. The number of hydrogen-bond acceptors (Lipinski definition) is 2. The van der Waals surface area contributed by atoms with Gasteiger partial charge in [0.2, 0.25) is 0 Å². The highest BCUT2D eigenvalue weighted by Gasteiger charge is 2.13. The van der Waals surface area contributed by atoms with Gasteiger partial charge in [-0.15, -0.1) is 0 Å². The molecular weight excluding hydrogens is 366 g/mol. The Bertz CT molecular complexity index is 824. The smallest absolute Gasteiger partial charge is 0.163 e. The van der Waals surface area contributed by atoms with Crippen LogP contribution in [0.5, 0.6) is 0 Å². The predicted molar refractivity (Wildman–Crippen MR) is 82.7 cm³/mol. The predicted octanol–water partition coefficient (Wildman–Crippen LogP) is 5.51. The molecule has 1 heterocycles. The molecule has 6 heteroatoms. The maximum atomic E-state index is 13.5. The molecule has 0 atom stereocenters. The lowest BCUT2D eigenvalue weighted by Crippen LogP contribution is -1.93. The first-order chi connectivity index (χ1) is 9.56. The van der Waals surface area contributed by atoms with Gasteiger partial charge in [-0.3, -0.25) is 0 Å². The lowest BCUT2D eigenvalue weighted by Gasteiger charge is -2.07. The van der Waals surface area contributed by atoms with Crippen LogP contribution in [0.3, 0.4) is 0 Å². The number of fused-ring (bicyclic) bond motifs is 1. The van der Waals surface area contributed by atoms with E-state index in [1.807, 2.05) is 18.2 Å². The summed E-state index contributed by atoms with van der Waals surface area (Å²) in [6.45, 7) is 0. The summed E-state index contributed by atoms with van der Waals surface area (Å²) in [5.41, 5.74) is 1.09. The molecule has 2 aromatic carbocycles. The van der Waals surface area contributed by atoms with Crippen molar-refractivity contribution in [2.75, 3.05) is 0 Å². The van der Waals surface area contributed by atoms with E-state index >= 15 is 0 Å². The summed E-state index contributed by atoms with van der Waals surface area (Å²) in [5.74, 6) is -0.214. The van der Waals surface area contributed by atoms with Crippen LogP contribution in [0.2, 0.25) is 10.2 Å². The van der Waals surface area contributed by atoms with Gasteiger partial charge in [-0.25, -0.2) is 14.4 Å². The fourth-order valence-corrected chi connectivity index (χ4v) is 2.66. The van der Waals surface area contributed by atoms with E-state index in [4.69, 9.17) is 23.2 Å². The van der Waals surface area contributed by atoms with E-state index in [9.17, 15) is 4.39 Å². The first-order valence-corrected chi connectivity index (χ1v) is 7.18. The second kappa shape index (κ2) is 5.28. The number of benzene rings is 2. The van der Waals surface area contributed by atoms with E-state index in [2.05, 4.69) is 25.9 Å². The van der Waals surface area contributed by atoms with E-state index < -0.39 is 5.82 Å². The summed E-state index contributed by atoms with van der Waals surface area (Å²) in [6, 6.07) is 9.98. The molecule has 20 heavy (non-hydrogen) atoms. The quantitative estimate of drug-likeness (QED) is 0.527. The van der Waals surface area contributed by atoms with Crippen molar-refractivity contribution >= 4 is 50.0 Å². The summed E-state index contributed by atoms with van der Waals surface area (Å²) in [7, 11) is 0. The zero-order chi connectivity index (χ0) is 14.3. The Balaban J connectivity index is 2.28. The standard InChI is InChI=1S/C14H6BrCl2FN2/c15-7-4-5-11-9(6-7)13(17)20-14(19-11)8-2-1-3-10(18)12(8)16/h1-6H. The third-order valence-corrected chi connectivity index (χ3v) is 3.97. The molecule has 3 aromatic rings. The molecule has 0 bridgehead atoms. The molecule has 0 aliphatic carbocycles. The number of rotatable bonds is 1. The Labute approximate surface area is 132 Å². The Morgan fingerprint density at radius 1 is 1.05 bits per heavy atom. The van der Waals surface area contributed by atoms with Crippen LogP contribution in [-0.2, 0) is 0 Å². The van der Waals surface area contributed by atoms with Gasteiger partial charge in [0.05, 0.1) is 10.5 Å². The summed E-state index contributed by atoms with van der Waals surface area (Å²) in [6.07, 6.45) is 0. The highest BCUT2D eigenvalue weighted by molar-refractivity contribution is 9.10. The minimum atomic E-state index is -0.514. The van der Waals surface area contributed by atoms with Crippen LogP contribution in [0.25, 0.3) is 22.3 Å². The summed E-state index contributed by atoms with van der Waals surface area (Å²) in [5, 5.41) is 1.00. The van der Waals surface area contributed by atoms with E-state index in [-0.39, 0.29) is 5.02 Å². The number of nitrogens with zero attached hydrogens (tertiary/aromatic N) is 2. The number of hydrogen-bond donors (Lipinski definition) is 0. The van der Waals surface area contributed by atoms with Gasteiger partial charge >= 0.3 is 0 Å². The molecule has 0 saturated heterocycles. The Morgan fingerprint density at radius 3 is 2.65 bits per heavy atom. The summed E-state index contributed by atoms with van der Waals surface area (Å²) in [4.78, 5) is 8.58. The van der Waals surface area contributed by atoms with Crippen LogP contribution in [-0.4, -0.2) is 9.97 Å². The van der Waals surface area contributed by atoms with Gasteiger partial charge in [0.15, 0.2) is 5.82 Å². The van der Waals surface area contributed by atoms with Crippen molar-refractivity contribution in [1.29, 1.82) is 0 Å². The number of aromatic nitrogens is 2. The van der Waals surface area contributed by atoms with Crippen molar-refractivity contribution in [1.82, 2.24) is 9.97 Å². The van der Waals surface area contributed by atoms with Gasteiger partial charge in [0, 0.05) is 15.4 Å². The fourth-order valence-electron chi connectivity index (χ4n) is 1.86. The highest BCUT2D eigenvalue weighted by atomic mass is 79.9. The van der Waals surface area contributed by atoms with Crippen molar-refractivity contribution in [3.63, 3.8) is 0 Å². The van der Waals surface area contributed by atoms with Gasteiger partial charge in [-0.2, -0.15) is 0 Å². The molecule has 0 aliphatic heterocycles. The summed E-state index contributed by atoms with van der Waals surface area (Å²) >= 11 is 15.5. The lowest BCUT2D eigenvalue weighted by atomic mass is 10.2. The first-order valence-electron chi connectivity index (χ1n) is 5.63. The monoisotopic (exact) mass is 370 g/mol. The zero-order valence-electron chi connectivity index (χ0n) is 9.87. The highest BCUT2D eigenvalue weighted by Crippen LogP contribution is 2.31. The Morgan fingerprint density at radius 2 is 1.85 bits per heavy atom. The summed E-state index contributed by atoms with van der Waals surface area (Å²) < 4.78 is 14.4. The Hall–Kier alpha value is -1.23. The van der Waals surface area contributed by atoms with Gasteiger partial charge in [0.25, 0.3) is 0 Å². The zero-order valence-corrected chi connectivity index (χ0v) is 13.0. The van der Waals surface area contributed by atoms with Crippen molar-refractivity contribution in [3.05, 3.63) is 56.9 Å². The molecule has 100 valence electrons. The fraction of sp³-hybridized carbons (Fsp3) is 0. The second-order valence-corrected chi connectivity index (χ2v) is 5.75. The first kappa shape index (κ1) is 13.7. The van der Waals surface area contributed by atoms with Crippen LogP contribution in [0.4, 0.5) is 4.39 Å². The molecule has 0 N–H and O–H groups in total. The normalized spacial score (nSPS) is 11.0. The minimum absolute atomic E-state index is 0.0139. The van der Waals surface area contributed by atoms with E-state index in [0.717, 1.165) is 9.86 Å². The molecule has 0 amide bonds. The van der Waals surface area contributed by atoms with Crippen molar-refractivity contribution in [2.24, 2.45) is 0 Å². The molecule has 0 fully saturated rings. The molecular formula is C14H6BrCl2FN2.